The number of para-hydroxylation sites is 1. The van der Waals surface area contributed by atoms with Crippen LogP contribution in [0.3, 0.4) is 0 Å². The maximum absolute atomic E-state index is 5.52. The molecule has 0 saturated carbocycles. The second-order valence-corrected chi connectivity index (χ2v) is 5.54. The third kappa shape index (κ3) is 2.75. The van der Waals surface area contributed by atoms with Crippen LogP contribution in [-0.2, 0) is 6.42 Å². The van der Waals surface area contributed by atoms with Gasteiger partial charge in [-0.25, -0.2) is 4.68 Å². The van der Waals surface area contributed by atoms with Crippen molar-refractivity contribution in [1.29, 1.82) is 0 Å². The van der Waals surface area contributed by atoms with Gasteiger partial charge in [-0.15, -0.1) is 0 Å². The number of nitrogens with zero attached hydrogens (tertiary/aromatic N) is 2. The summed E-state index contributed by atoms with van der Waals surface area (Å²) in [7, 11) is 1.73. The van der Waals surface area contributed by atoms with Crippen LogP contribution in [0.15, 0.2) is 30.3 Å². The average molecular weight is 285 g/mol. The Hall–Kier alpha value is -1.97. The van der Waals surface area contributed by atoms with Crippen molar-refractivity contribution < 1.29 is 4.74 Å². The van der Waals surface area contributed by atoms with Crippen molar-refractivity contribution in [3.05, 3.63) is 41.6 Å². The van der Waals surface area contributed by atoms with Crippen LogP contribution in [0.4, 0.5) is 5.82 Å². The quantitative estimate of drug-likeness (QED) is 0.911. The number of aryl methyl sites for hydroxylation is 1. The molecule has 0 aliphatic carbocycles. The lowest BCUT2D eigenvalue weighted by Gasteiger charge is -2.27. The van der Waals surface area contributed by atoms with Gasteiger partial charge in [0.15, 0.2) is 0 Å². The first-order valence-electron chi connectivity index (χ1n) is 7.78. The summed E-state index contributed by atoms with van der Waals surface area (Å²) >= 11 is 0. The molecule has 1 aliphatic heterocycles. The van der Waals surface area contributed by atoms with Gasteiger partial charge in [0.1, 0.15) is 11.6 Å². The fraction of sp³-hybridized carbons (Fsp3) is 0.471. The molecule has 21 heavy (non-hydrogen) atoms. The van der Waals surface area contributed by atoms with Crippen molar-refractivity contribution in [2.24, 2.45) is 0 Å². The highest BCUT2D eigenvalue weighted by Gasteiger charge is 2.25. The maximum Gasteiger partial charge on any atom is 0.125 e. The standard InChI is InChI=1S/C17H23N3O/c1-3-4-7-13-12-17-18-11-10-15(20(17)19-13)14-8-5-6-9-16(14)21-2/h5-6,8-9,12,15,18H,3-4,7,10-11H2,1-2H3. The van der Waals surface area contributed by atoms with Gasteiger partial charge < -0.3 is 10.1 Å². The molecule has 1 aliphatic rings. The average Bonchev–Trinajstić information content (AvgIpc) is 2.95. The second-order valence-electron chi connectivity index (χ2n) is 5.54. The number of benzene rings is 1. The normalized spacial score (nSPS) is 17.1. The molecule has 0 bridgehead atoms. The van der Waals surface area contributed by atoms with Crippen LogP contribution >= 0.6 is 0 Å². The lowest BCUT2D eigenvalue weighted by Crippen LogP contribution is -2.24. The fourth-order valence-corrected chi connectivity index (χ4v) is 2.98. The minimum atomic E-state index is 0.257. The summed E-state index contributed by atoms with van der Waals surface area (Å²) in [6.45, 7) is 3.19. The van der Waals surface area contributed by atoms with Crippen LogP contribution in [0.1, 0.15) is 43.5 Å². The van der Waals surface area contributed by atoms with Gasteiger partial charge in [0, 0.05) is 18.2 Å². The van der Waals surface area contributed by atoms with E-state index in [1.54, 1.807) is 7.11 Å². The number of nitrogens with one attached hydrogen (secondary N) is 1. The Kier molecular flexibility index (Phi) is 4.13. The first kappa shape index (κ1) is 14.0. The summed E-state index contributed by atoms with van der Waals surface area (Å²) in [6.07, 6.45) is 4.47. The van der Waals surface area contributed by atoms with E-state index in [-0.39, 0.29) is 6.04 Å². The maximum atomic E-state index is 5.52. The van der Waals surface area contributed by atoms with Crippen molar-refractivity contribution in [3.8, 4) is 5.75 Å². The summed E-state index contributed by atoms with van der Waals surface area (Å²) in [5, 5.41) is 8.28. The zero-order valence-electron chi connectivity index (χ0n) is 12.8. The van der Waals surface area contributed by atoms with Crippen LogP contribution in [0, 0.1) is 0 Å². The molecule has 1 N–H and O–H groups in total. The number of hydrogen-bond acceptors (Lipinski definition) is 3. The van der Waals surface area contributed by atoms with Crippen LogP contribution in [0.25, 0.3) is 0 Å². The number of rotatable bonds is 5. The molecule has 3 rings (SSSR count). The predicted octanol–water partition coefficient (Wildman–Crippen LogP) is 3.64. The van der Waals surface area contributed by atoms with Gasteiger partial charge >= 0.3 is 0 Å². The lowest BCUT2D eigenvalue weighted by atomic mass is 10.0. The monoisotopic (exact) mass is 285 g/mol. The van der Waals surface area contributed by atoms with Crippen molar-refractivity contribution in [1.82, 2.24) is 9.78 Å². The Bertz CT molecular complexity index is 606. The highest BCUT2D eigenvalue weighted by Crippen LogP contribution is 2.34. The van der Waals surface area contributed by atoms with E-state index in [4.69, 9.17) is 9.84 Å². The molecule has 4 heteroatoms. The van der Waals surface area contributed by atoms with Crippen molar-refractivity contribution in [2.45, 2.75) is 38.6 Å². The van der Waals surface area contributed by atoms with E-state index in [0.717, 1.165) is 31.0 Å². The second kappa shape index (κ2) is 6.20. The fourth-order valence-electron chi connectivity index (χ4n) is 2.98. The Morgan fingerprint density at radius 2 is 2.24 bits per heavy atom. The van der Waals surface area contributed by atoms with Gasteiger partial charge in [-0.05, 0) is 25.3 Å². The van der Waals surface area contributed by atoms with E-state index in [0.29, 0.717) is 0 Å². The Morgan fingerprint density at radius 3 is 3.05 bits per heavy atom. The largest absolute Gasteiger partial charge is 0.496 e. The van der Waals surface area contributed by atoms with Gasteiger partial charge in [0.25, 0.3) is 0 Å². The SMILES string of the molecule is CCCCc1cc2n(n1)C(c1ccccc1OC)CCN2. The molecule has 0 saturated heterocycles. The van der Waals surface area contributed by atoms with Gasteiger partial charge in [0.2, 0.25) is 0 Å². The molecular formula is C17H23N3O. The molecule has 2 heterocycles. The Labute approximate surface area is 126 Å². The van der Waals surface area contributed by atoms with E-state index in [1.165, 1.54) is 24.1 Å². The lowest BCUT2D eigenvalue weighted by molar-refractivity contribution is 0.391. The molecule has 4 nitrogen and oxygen atoms in total. The van der Waals surface area contributed by atoms with E-state index in [2.05, 4.69) is 35.1 Å². The van der Waals surface area contributed by atoms with E-state index >= 15 is 0 Å². The van der Waals surface area contributed by atoms with E-state index in [1.807, 2.05) is 12.1 Å². The molecule has 0 radical (unpaired) electrons. The van der Waals surface area contributed by atoms with Gasteiger partial charge in [0.05, 0.1) is 18.8 Å². The van der Waals surface area contributed by atoms with E-state index < -0.39 is 0 Å². The number of methoxy groups -OCH3 is 1. The first-order chi connectivity index (χ1) is 10.3. The number of anilines is 1. The molecule has 112 valence electrons. The van der Waals surface area contributed by atoms with Gasteiger partial charge in [-0.3, -0.25) is 0 Å². The topological polar surface area (TPSA) is 39.1 Å². The smallest absolute Gasteiger partial charge is 0.125 e. The van der Waals surface area contributed by atoms with Crippen molar-refractivity contribution in [3.63, 3.8) is 0 Å². The molecule has 1 aromatic carbocycles. The van der Waals surface area contributed by atoms with E-state index in [9.17, 15) is 0 Å². The minimum absolute atomic E-state index is 0.257. The molecule has 0 spiro atoms. The summed E-state index contributed by atoms with van der Waals surface area (Å²) in [5.41, 5.74) is 2.40. The number of hydrogen-bond donors (Lipinski definition) is 1. The summed E-state index contributed by atoms with van der Waals surface area (Å²) in [4.78, 5) is 0. The predicted molar refractivity (Wildman–Crippen MR) is 85.1 cm³/mol. The zero-order valence-corrected chi connectivity index (χ0v) is 12.8. The molecule has 2 aromatic rings. The van der Waals surface area contributed by atoms with Gasteiger partial charge in [-0.1, -0.05) is 31.5 Å². The Morgan fingerprint density at radius 1 is 1.38 bits per heavy atom. The molecule has 1 unspecified atom stereocenters. The third-order valence-corrected chi connectivity index (χ3v) is 4.09. The molecule has 0 amide bonds. The van der Waals surface area contributed by atoms with Crippen LogP contribution < -0.4 is 10.1 Å². The first-order valence-corrected chi connectivity index (χ1v) is 7.78. The minimum Gasteiger partial charge on any atom is -0.496 e. The highest BCUT2D eigenvalue weighted by atomic mass is 16.5. The van der Waals surface area contributed by atoms with Crippen LogP contribution in [0.5, 0.6) is 5.75 Å². The van der Waals surface area contributed by atoms with Crippen molar-refractivity contribution >= 4 is 5.82 Å². The Balaban J connectivity index is 1.94. The number of fused-ring (bicyclic) bond motifs is 1. The van der Waals surface area contributed by atoms with Crippen LogP contribution in [0.2, 0.25) is 0 Å². The summed E-state index contributed by atoms with van der Waals surface area (Å²) < 4.78 is 7.66. The zero-order chi connectivity index (χ0) is 14.7. The number of unbranched alkanes of at least 4 members (excludes halogenated alkanes) is 1. The third-order valence-electron chi connectivity index (χ3n) is 4.09. The van der Waals surface area contributed by atoms with Gasteiger partial charge in [-0.2, -0.15) is 5.10 Å². The summed E-state index contributed by atoms with van der Waals surface area (Å²) in [6, 6.07) is 10.7. The van der Waals surface area contributed by atoms with Crippen molar-refractivity contribution in [2.75, 3.05) is 19.0 Å². The number of aromatic nitrogens is 2. The summed E-state index contributed by atoms with van der Waals surface area (Å²) in [5.74, 6) is 2.07. The van der Waals surface area contributed by atoms with Crippen LogP contribution in [-0.4, -0.2) is 23.4 Å². The highest BCUT2D eigenvalue weighted by molar-refractivity contribution is 5.44. The molecular weight excluding hydrogens is 262 g/mol. The molecule has 1 atom stereocenters. The molecule has 0 fully saturated rings. The number of ether oxygens (including phenoxy) is 1. The molecule has 1 aromatic heterocycles.